The molecule has 0 spiro atoms. The minimum atomic E-state index is -0.229. The number of hydrogen-bond acceptors (Lipinski definition) is 5. The van der Waals surface area contributed by atoms with Crippen LogP contribution in [0.25, 0.3) is 0 Å². The molecule has 0 saturated heterocycles. The lowest BCUT2D eigenvalue weighted by Crippen LogP contribution is -2.49. The van der Waals surface area contributed by atoms with Gasteiger partial charge in [0.1, 0.15) is 17.8 Å². The highest BCUT2D eigenvalue weighted by Gasteiger charge is 2.24. The van der Waals surface area contributed by atoms with E-state index in [4.69, 9.17) is 0 Å². The molecule has 1 amide bonds. The van der Waals surface area contributed by atoms with Gasteiger partial charge in [-0.15, -0.1) is 0 Å². The van der Waals surface area contributed by atoms with E-state index in [1.54, 1.807) is 35.5 Å². The van der Waals surface area contributed by atoms with E-state index in [0.717, 1.165) is 18.4 Å². The smallest absolute Gasteiger partial charge is 0.291 e. The topological polar surface area (TPSA) is 78.4 Å². The molecule has 126 valence electrons. The molecule has 6 heteroatoms. The van der Waals surface area contributed by atoms with Gasteiger partial charge in [0, 0.05) is 12.2 Å². The molecule has 1 aliphatic carbocycles. The molecule has 1 aliphatic rings. The number of aromatic nitrogens is 2. The number of carbonyl (C=O) groups excluding carboxylic acids is 1. The number of nitrogens with zero attached hydrogens (tertiary/aromatic N) is 3. The molecular weight excluding hydrogens is 304 g/mol. The summed E-state index contributed by atoms with van der Waals surface area (Å²) in [6, 6.07) is 7.00. The number of anilines is 1. The maximum absolute atomic E-state index is 12.9. The zero-order valence-corrected chi connectivity index (χ0v) is 13.8. The SMILES string of the molecule is Cc1cc(N(NC2CCCCC2)C(=O)c2ccncn2)ccc1O. The van der Waals surface area contributed by atoms with Crippen LogP contribution in [-0.2, 0) is 0 Å². The highest BCUT2D eigenvalue weighted by molar-refractivity contribution is 6.04. The Hall–Kier alpha value is -2.47. The predicted octanol–water partition coefficient (Wildman–Crippen LogP) is 2.97. The highest BCUT2D eigenvalue weighted by atomic mass is 16.3. The van der Waals surface area contributed by atoms with Gasteiger partial charge in [-0.05, 0) is 49.6 Å². The Morgan fingerprint density at radius 1 is 1.25 bits per heavy atom. The van der Waals surface area contributed by atoms with Crippen LogP contribution in [0.3, 0.4) is 0 Å². The number of aryl methyl sites for hydroxylation is 1. The summed E-state index contributed by atoms with van der Waals surface area (Å²) in [5, 5.41) is 11.3. The number of amides is 1. The van der Waals surface area contributed by atoms with E-state index in [9.17, 15) is 9.90 Å². The molecule has 1 fully saturated rings. The number of phenols is 1. The van der Waals surface area contributed by atoms with Gasteiger partial charge in [0.05, 0.1) is 5.69 Å². The van der Waals surface area contributed by atoms with Gasteiger partial charge in [0.15, 0.2) is 0 Å². The Labute approximate surface area is 141 Å². The van der Waals surface area contributed by atoms with Crippen molar-refractivity contribution in [2.45, 2.75) is 45.1 Å². The number of hydrogen-bond donors (Lipinski definition) is 2. The summed E-state index contributed by atoms with van der Waals surface area (Å²) in [4.78, 5) is 20.9. The lowest BCUT2D eigenvalue weighted by Gasteiger charge is -2.31. The quantitative estimate of drug-likeness (QED) is 0.845. The van der Waals surface area contributed by atoms with Crippen LogP contribution in [0.15, 0.2) is 36.8 Å². The first-order valence-corrected chi connectivity index (χ1v) is 8.31. The number of carbonyl (C=O) groups is 1. The molecule has 24 heavy (non-hydrogen) atoms. The van der Waals surface area contributed by atoms with Gasteiger partial charge >= 0.3 is 0 Å². The van der Waals surface area contributed by atoms with E-state index in [2.05, 4.69) is 15.4 Å². The molecular formula is C18H22N4O2. The van der Waals surface area contributed by atoms with Crippen molar-refractivity contribution in [2.24, 2.45) is 0 Å². The summed E-state index contributed by atoms with van der Waals surface area (Å²) in [7, 11) is 0. The largest absolute Gasteiger partial charge is 0.508 e. The summed E-state index contributed by atoms with van der Waals surface area (Å²) in [6.45, 7) is 1.81. The van der Waals surface area contributed by atoms with Crippen molar-refractivity contribution in [3.05, 3.63) is 48.0 Å². The fraction of sp³-hybridized carbons (Fsp3) is 0.389. The third-order valence-electron chi connectivity index (χ3n) is 4.36. The van der Waals surface area contributed by atoms with Crippen molar-refractivity contribution in [3.63, 3.8) is 0 Å². The lowest BCUT2D eigenvalue weighted by molar-refractivity contribution is 0.0960. The molecule has 0 radical (unpaired) electrons. The molecule has 0 atom stereocenters. The Morgan fingerprint density at radius 3 is 2.71 bits per heavy atom. The van der Waals surface area contributed by atoms with Gasteiger partial charge < -0.3 is 5.11 Å². The summed E-state index contributed by atoms with van der Waals surface area (Å²) in [6.07, 6.45) is 8.60. The molecule has 1 aromatic heterocycles. The van der Waals surface area contributed by atoms with Crippen molar-refractivity contribution in [1.82, 2.24) is 15.4 Å². The van der Waals surface area contributed by atoms with Crippen LogP contribution in [0.1, 0.15) is 48.2 Å². The van der Waals surface area contributed by atoms with Crippen molar-refractivity contribution in [2.75, 3.05) is 5.01 Å². The number of rotatable bonds is 4. The second-order valence-electron chi connectivity index (χ2n) is 6.17. The van der Waals surface area contributed by atoms with E-state index in [0.29, 0.717) is 11.4 Å². The van der Waals surface area contributed by atoms with Crippen molar-refractivity contribution < 1.29 is 9.90 Å². The molecule has 0 unspecified atom stereocenters. The summed E-state index contributed by atoms with van der Waals surface area (Å²) < 4.78 is 0. The summed E-state index contributed by atoms with van der Waals surface area (Å²) >= 11 is 0. The van der Waals surface area contributed by atoms with E-state index in [1.807, 2.05) is 6.92 Å². The normalized spacial score (nSPS) is 15.2. The van der Waals surface area contributed by atoms with E-state index in [1.165, 1.54) is 25.6 Å². The molecule has 6 nitrogen and oxygen atoms in total. The van der Waals surface area contributed by atoms with Crippen molar-refractivity contribution in [3.8, 4) is 5.75 Å². The Bertz CT molecular complexity index is 699. The highest BCUT2D eigenvalue weighted by Crippen LogP contribution is 2.25. The van der Waals surface area contributed by atoms with Gasteiger partial charge in [-0.1, -0.05) is 19.3 Å². The maximum atomic E-state index is 12.9. The molecule has 1 aromatic carbocycles. The number of nitrogens with one attached hydrogen (secondary N) is 1. The molecule has 2 N–H and O–H groups in total. The van der Waals surface area contributed by atoms with Gasteiger partial charge in [0.25, 0.3) is 5.91 Å². The lowest BCUT2D eigenvalue weighted by atomic mass is 9.96. The van der Waals surface area contributed by atoms with Gasteiger partial charge in [-0.3, -0.25) is 4.79 Å². The predicted molar refractivity (Wildman–Crippen MR) is 91.7 cm³/mol. The molecule has 1 heterocycles. The van der Waals surface area contributed by atoms with Crippen LogP contribution in [0.5, 0.6) is 5.75 Å². The second kappa shape index (κ2) is 7.40. The fourth-order valence-corrected chi connectivity index (χ4v) is 2.98. The van der Waals surface area contributed by atoms with Gasteiger partial charge in [0.2, 0.25) is 0 Å². The average molecular weight is 326 g/mol. The molecule has 3 rings (SSSR count). The zero-order valence-electron chi connectivity index (χ0n) is 13.8. The first-order chi connectivity index (χ1) is 11.6. The van der Waals surface area contributed by atoms with Crippen molar-refractivity contribution in [1.29, 1.82) is 0 Å². The first kappa shape index (κ1) is 16.4. The van der Waals surface area contributed by atoms with E-state index >= 15 is 0 Å². The molecule has 0 aliphatic heterocycles. The number of aromatic hydroxyl groups is 1. The minimum absolute atomic E-state index is 0.214. The molecule has 0 bridgehead atoms. The van der Waals surface area contributed by atoms with Crippen LogP contribution >= 0.6 is 0 Å². The fourth-order valence-electron chi connectivity index (χ4n) is 2.98. The third kappa shape index (κ3) is 3.71. The molecule has 2 aromatic rings. The minimum Gasteiger partial charge on any atom is -0.508 e. The van der Waals surface area contributed by atoms with Crippen LogP contribution in [-0.4, -0.2) is 27.0 Å². The molecule has 1 saturated carbocycles. The summed E-state index contributed by atoms with van der Waals surface area (Å²) in [5.41, 5.74) is 5.11. The zero-order chi connectivity index (χ0) is 16.9. The average Bonchev–Trinajstić information content (AvgIpc) is 2.63. The Kier molecular flexibility index (Phi) is 5.05. The Morgan fingerprint density at radius 2 is 2.04 bits per heavy atom. The number of phenolic OH excluding ortho intramolecular Hbond substituents is 1. The van der Waals surface area contributed by atoms with E-state index < -0.39 is 0 Å². The van der Waals surface area contributed by atoms with Crippen LogP contribution in [0.2, 0.25) is 0 Å². The number of benzene rings is 1. The third-order valence-corrected chi connectivity index (χ3v) is 4.36. The first-order valence-electron chi connectivity index (χ1n) is 8.31. The Balaban J connectivity index is 1.90. The van der Waals surface area contributed by atoms with Crippen molar-refractivity contribution >= 4 is 11.6 Å². The monoisotopic (exact) mass is 326 g/mol. The van der Waals surface area contributed by atoms with E-state index in [-0.39, 0.29) is 17.7 Å². The van der Waals surface area contributed by atoms with Gasteiger partial charge in [-0.25, -0.2) is 20.4 Å². The standard InChI is InChI=1S/C18H22N4O2/c1-13-11-15(7-8-17(13)23)22(21-14-5-3-2-4-6-14)18(24)16-9-10-19-12-20-16/h7-12,14,21,23H,2-6H2,1H3. The van der Waals surface area contributed by atoms with Crippen LogP contribution < -0.4 is 10.4 Å². The van der Waals surface area contributed by atoms with Crippen LogP contribution in [0.4, 0.5) is 5.69 Å². The maximum Gasteiger partial charge on any atom is 0.291 e. The summed E-state index contributed by atoms with van der Waals surface area (Å²) in [5.74, 6) is -0.0149. The second-order valence-corrected chi connectivity index (χ2v) is 6.17. The van der Waals surface area contributed by atoms with Crippen LogP contribution in [0, 0.1) is 6.92 Å². The number of hydrazine groups is 1. The van der Waals surface area contributed by atoms with Gasteiger partial charge in [-0.2, -0.15) is 0 Å².